The third-order valence-corrected chi connectivity index (χ3v) is 5.92. The molecular formula is C16H26N2O2S. The molecule has 1 saturated carbocycles. The fourth-order valence-corrected chi connectivity index (χ4v) is 4.19. The summed E-state index contributed by atoms with van der Waals surface area (Å²) in [4.78, 5) is 0.340. The van der Waals surface area contributed by atoms with Gasteiger partial charge in [-0.05, 0) is 48.9 Å². The van der Waals surface area contributed by atoms with Gasteiger partial charge in [0, 0.05) is 6.54 Å². The third kappa shape index (κ3) is 4.05. The molecule has 0 radical (unpaired) electrons. The highest BCUT2D eigenvalue weighted by atomic mass is 32.2. The van der Waals surface area contributed by atoms with Gasteiger partial charge in [0.05, 0.1) is 4.90 Å². The predicted octanol–water partition coefficient (Wildman–Crippen LogP) is 2.44. The Hall–Kier alpha value is -0.910. The quantitative estimate of drug-likeness (QED) is 0.812. The monoisotopic (exact) mass is 310 g/mol. The van der Waals surface area contributed by atoms with Gasteiger partial charge in [-0.1, -0.05) is 38.3 Å². The number of aryl methyl sites for hydroxylation is 1. The molecule has 0 amide bonds. The maximum Gasteiger partial charge on any atom is 0.240 e. The van der Waals surface area contributed by atoms with E-state index in [4.69, 9.17) is 5.73 Å². The summed E-state index contributed by atoms with van der Waals surface area (Å²) >= 11 is 0. The van der Waals surface area contributed by atoms with Crippen molar-refractivity contribution < 1.29 is 8.42 Å². The highest BCUT2D eigenvalue weighted by Gasteiger charge is 2.33. The van der Waals surface area contributed by atoms with Crippen molar-refractivity contribution >= 4 is 10.0 Å². The summed E-state index contributed by atoms with van der Waals surface area (Å²) in [5.74, 6) is 0. The zero-order valence-corrected chi connectivity index (χ0v) is 13.6. The fourth-order valence-electron chi connectivity index (χ4n) is 3.03. The minimum Gasteiger partial charge on any atom is -0.330 e. The average molecular weight is 310 g/mol. The SMILES string of the molecule is CCCc1ccc(S(=O)(=O)NCC2(CN)CCCC2)cc1. The molecule has 0 atom stereocenters. The number of nitrogens with one attached hydrogen (secondary N) is 1. The van der Waals surface area contributed by atoms with Gasteiger partial charge in [0.15, 0.2) is 0 Å². The van der Waals surface area contributed by atoms with Crippen molar-refractivity contribution in [2.75, 3.05) is 13.1 Å². The van der Waals surface area contributed by atoms with Crippen molar-refractivity contribution in [1.82, 2.24) is 4.72 Å². The molecule has 1 aliphatic carbocycles. The Balaban J connectivity index is 2.04. The van der Waals surface area contributed by atoms with E-state index in [1.807, 2.05) is 12.1 Å². The van der Waals surface area contributed by atoms with Crippen LogP contribution in [0.1, 0.15) is 44.6 Å². The zero-order valence-electron chi connectivity index (χ0n) is 12.8. The van der Waals surface area contributed by atoms with Crippen LogP contribution in [0.2, 0.25) is 0 Å². The fraction of sp³-hybridized carbons (Fsp3) is 0.625. The summed E-state index contributed by atoms with van der Waals surface area (Å²) in [6, 6.07) is 7.17. The minimum atomic E-state index is -3.43. The Morgan fingerprint density at radius 2 is 1.81 bits per heavy atom. The molecule has 0 aromatic heterocycles. The molecule has 0 heterocycles. The van der Waals surface area contributed by atoms with Gasteiger partial charge in [0.1, 0.15) is 0 Å². The van der Waals surface area contributed by atoms with E-state index in [1.165, 1.54) is 5.56 Å². The largest absolute Gasteiger partial charge is 0.330 e. The van der Waals surface area contributed by atoms with Gasteiger partial charge in [0.25, 0.3) is 0 Å². The first-order valence-corrected chi connectivity index (χ1v) is 9.28. The van der Waals surface area contributed by atoms with Crippen LogP contribution in [0.15, 0.2) is 29.2 Å². The van der Waals surface area contributed by atoms with Gasteiger partial charge >= 0.3 is 0 Å². The van der Waals surface area contributed by atoms with Crippen LogP contribution in [0.25, 0.3) is 0 Å². The molecule has 0 saturated heterocycles. The first-order valence-electron chi connectivity index (χ1n) is 7.80. The second-order valence-corrected chi connectivity index (χ2v) is 7.90. The Morgan fingerprint density at radius 1 is 1.19 bits per heavy atom. The first kappa shape index (κ1) is 16.5. The smallest absolute Gasteiger partial charge is 0.240 e. The molecule has 2 rings (SSSR count). The maximum atomic E-state index is 12.4. The van der Waals surface area contributed by atoms with Crippen molar-refractivity contribution in [2.24, 2.45) is 11.1 Å². The third-order valence-electron chi connectivity index (χ3n) is 4.51. The van der Waals surface area contributed by atoms with Crippen molar-refractivity contribution in [3.05, 3.63) is 29.8 Å². The summed E-state index contributed by atoms with van der Waals surface area (Å²) in [6.07, 6.45) is 6.35. The van der Waals surface area contributed by atoms with Crippen LogP contribution in [0.5, 0.6) is 0 Å². The van der Waals surface area contributed by atoms with E-state index in [0.29, 0.717) is 18.0 Å². The number of rotatable bonds is 7. The van der Waals surface area contributed by atoms with Crippen molar-refractivity contribution in [1.29, 1.82) is 0 Å². The van der Waals surface area contributed by atoms with E-state index >= 15 is 0 Å². The molecular weight excluding hydrogens is 284 g/mol. The van der Waals surface area contributed by atoms with Crippen LogP contribution in [0, 0.1) is 5.41 Å². The molecule has 118 valence electrons. The molecule has 21 heavy (non-hydrogen) atoms. The van der Waals surface area contributed by atoms with Crippen molar-refractivity contribution in [3.8, 4) is 0 Å². The number of sulfonamides is 1. The molecule has 1 aromatic rings. The summed E-state index contributed by atoms with van der Waals surface area (Å²) < 4.78 is 27.5. The molecule has 4 nitrogen and oxygen atoms in total. The van der Waals surface area contributed by atoms with Crippen molar-refractivity contribution in [2.45, 2.75) is 50.3 Å². The van der Waals surface area contributed by atoms with Crippen molar-refractivity contribution in [3.63, 3.8) is 0 Å². The van der Waals surface area contributed by atoms with E-state index in [9.17, 15) is 8.42 Å². The second-order valence-electron chi connectivity index (χ2n) is 6.13. The first-order chi connectivity index (χ1) is 10.0. The molecule has 0 unspecified atom stereocenters. The molecule has 3 N–H and O–H groups in total. The Labute approximate surface area is 128 Å². The standard InChI is InChI=1S/C16H26N2O2S/c1-2-5-14-6-8-15(9-7-14)21(19,20)18-13-16(12-17)10-3-4-11-16/h6-9,18H,2-5,10-13,17H2,1H3. The Kier molecular flexibility index (Phi) is 5.41. The Bertz CT molecular complexity index is 546. The lowest BCUT2D eigenvalue weighted by Crippen LogP contribution is -2.40. The predicted molar refractivity (Wildman–Crippen MR) is 85.6 cm³/mol. The molecule has 5 heteroatoms. The molecule has 0 bridgehead atoms. The highest BCUT2D eigenvalue weighted by Crippen LogP contribution is 2.36. The molecule has 1 aliphatic rings. The second kappa shape index (κ2) is 6.90. The highest BCUT2D eigenvalue weighted by molar-refractivity contribution is 7.89. The molecule has 0 spiro atoms. The Morgan fingerprint density at radius 3 is 2.33 bits per heavy atom. The average Bonchev–Trinajstić information content (AvgIpc) is 2.96. The minimum absolute atomic E-state index is 0.0464. The van der Waals surface area contributed by atoms with Gasteiger partial charge in [-0.25, -0.2) is 13.1 Å². The maximum absolute atomic E-state index is 12.4. The van der Waals surface area contributed by atoms with Crippen LogP contribution in [0.3, 0.4) is 0 Å². The molecule has 1 aromatic carbocycles. The van der Waals surface area contributed by atoms with Crippen LogP contribution in [-0.2, 0) is 16.4 Å². The van der Waals surface area contributed by atoms with E-state index < -0.39 is 10.0 Å². The lowest BCUT2D eigenvalue weighted by Gasteiger charge is -2.27. The number of benzene rings is 1. The van der Waals surface area contributed by atoms with Gasteiger partial charge in [-0.3, -0.25) is 0 Å². The van der Waals surface area contributed by atoms with Gasteiger partial charge in [-0.15, -0.1) is 0 Å². The van der Waals surface area contributed by atoms with Crippen LogP contribution in [0.4, 0.5) is 0 Å². The normalized spacial score (nSPS) is 18.0. The van der Waals surface area contributed by atoms with E-state index in [-0.39, 0.29) is 5.41 Å². The summed E-state index contributed by atoms with van der Waals surface area (Å²) in [5, 5.41) is 0. The molecule has 0 aliphatic heterocycles. The number of hydrogen-bond acceptors (Lipinski definition) is 3. The lowest BCUT2D eigenvalue weighted by atomic mass is 9.87. The van der Waals surface area contributed by atoms with Crippen LogP contribution >= 0.6 is 0 Å². The van der Waals surface area contributed by atoms with E-state index in [2.05, 4.69) is 11.6 Å². The van der Waals surface area contributed by atoms with Gasteiger partial charge in [0.2, 0.25) is 10.0 Å². The summed E-state index contributed by atoms with van der Waals surface area (Å²) in [7, 11) is -3.43. The van der Waals surface area contributed by atoms with Crippen LogP contribution < -0.4 is 10.5 Å². The lowest BCUT2D eigenvalue weighted by molar-refractivity contribution is 0.309. The topological polar surface area (TPSA) is 72.2 Å². The summed E-state index contributed by atoms with van der Waals surface area (Å²) in [5.41, 5.74) is 6.98. The zero-order chi connectivity index (χ0) is 15.3. The molecule has 1 fully saturated rings. The van der Waals surface area contributed by atoms with Crippen LogP contribution in [-0.4, -0.2) is 21.5 Å². The van der Waals surface area contributed by atoms with Gasteiger partial charge in [-0.2, -0.15) is 0 Å². The number of hydrogen-bond donors (Lipinski definition) is 2. The van der Waals surface area contributed by atoms with E-state index in [1.54, 1.807) is 12.1 Å². The van der Waals surface area contributed by atoms with Gasteiger partial charge < -0.3 is 5.73 Å². The summed E-state index contributed by atoms with van der Waals surface area (Å²) in [6.45, 7) is 3.10. The van der Waals surface area contributed by atoms with E-state index in [0.717, 1.165) is 38.5 Å². The number of nitrogens with two attached hydrogens (primary N) is 1.